The second-order valence-electron chi connectivity index (χ2n) is 4.29. The molecule has 0 saturated carbocycles. The van der Waals surface area contributed by atoms with Crippen molar-refractivity contribution in [1.82, 2.24) is 5.16 Å². The van der Waals surface area contributed by atoms with E-state index in [1.165, 1.54) is 0 Å². The first-order valence-corrected chi connectivity index (χ1v) is 5.33. The maximum Gasteiger partial charge on any atom is 0.176 e. The molecule has 0 fully saturated rings. The topological polar surface area (TPSA) is 65.2 Å². The average Bonchev–Trinajstić information content (AvgIpc) is 2.69. The van der Waals surface area contributed by atoms with Gasteiger partial charge >= 0.3 is 0 Å². The van der Waals surface area contributed by atoms with Gasteiger partial charge in [-0.25, -0.2) is 0 Å². The van der Waals surface area contributed by atoms with Gasteiger partial charge in [0.2, 0.25) is 0 Å². The van der Waals surface area contributed by atoms with Crippen LogP contribution in [0.1, 0.15) is 36.8 Å². The smallest absolute Gasteiger partial charge is 0.176 e. The summed E-state index contributed by atoms with van der Waals surface area (Å²) in [6, 6.07) is 1.95. The molecule has 0 amide bonds. The van der Waals surface area contributed by atoms with Crippen LogP contribution in [0.2, 0.25) is 0 Å². The monoisotopic (exact) mass is 220 g/mol. The van der Waals surface area contributed by atoms with E-state index in [1.54, 1.807) is 0 Å². The van der Waals surface area contributed by atoms with Crippen LogP contribution < -0.4 is 5.73 Å². The quantitative estimate of drug-likeness (QED) is 0.843. The van der Waals surface area contributed by atoms with Gasteiger partial charge in [-0.1, -0.05) is 19.0 Å². The second kappa shape index (κ2) is 3.70. The Hall–Kier alpha value is -1.71. The molecular weight excluding hydrogens is 204 g/mol. The largest absolute Gasteiger partial charge is 0.466 e. The molecule has 0 atom stereocenters. The highest BCUT2D eigenvalue weighted by Crippen LogP contribution is 2.36. The van der Waals surface area contributed by atoms with Crippen LogP contribution in [0.25, 0.3) is 11.3 Å². The first kappa shape index (κ1) is 10.8. The predicted molar refractivity (Wildman–Crippen MR) is 62.2 cm³/mol. The molecule has 0 unspecified atom stereocenters. The van der Waals surface area contributed by atoms with Gasteiger partial charge in [0.15, 0.2) is 11.6 Å². The maximum atomic E-state index is 5.80. The van der Waals surface area contributed by atoms with Gasteiger partial charge in [-0.3, -0.25) is 0 Å². The van der Waals surface area contributed by atoms with Crippen molar-refractivity contribution < 1.29 is 8.94 Å². The van der Waals surface area contributed by atoms with Gasteiger partial charge in [0.05, 0.1) is 5.56 Å². The lowest BCUT2D eigenvalue weighted by Gasteiger charge is -2.03. The molecule has 0 aliphatic carbocycles. The van der Waals surface area contributed by atoms with Crippen LogP contribution in [-0.2, 0) is 0 Å². The summed E-state index contributed by atoms with van der Waals surface area (Å²) in [6.45, 7) is 7.94. The van der Waals surface area contributed by atoms with Gasteiger partial charge < -0.3 is 14.7 Å². The molecular formula is C12H16N2O2. The second-order valence-corrected chi connectivity index (χ2v) is 4.29. The molecule has 0 aliphatic rings. The molecule has 0 radical (unpaired) electrons. The van der Waals surface area contributed by atoms with E-state index in [-0.39, 0.29) is 5.92 Å². The summed E-state index contributed by atoms with van der Waals surface area (Å²) in [5.74, 6) is 3.15. The Morgan fingerprint density at radius 1 is 1.31 bits per heavy atom. The molecule has 16 heavy (non-hydrogen) atoms. The molecule has 0 aromatic carbocycles. The van der Waals surface area contributed by atoms with Gasteiger partial charge in [0.25, 0.3) is 0 Å². The van der Waals surface area contributed by atoms with Crippen molar-refractivity contribution in [3.8, 4) is 11.3 Å². The number of rotatable bonds is 2. The van der Waals surface area contributed by atoms with Crippen molar-refractivity contribution in [1.29, 1.82) is 0 Å². The molecule has 2 N–H and O–H groups in total. The highest BCUT2D eigenvalue weighted by atomic mass is 16.5. The molecule has 0 bridgehead atoms. The fraction of sp³-hybridized carbons (Fsp3) is 0.417. The standard InChI is InChI=1S/C12H16N2O2/c1-6(2)10-11(16-14-12(10)13)9-5-7(3)15-8(9)4/h5-6H,1-4H3,(H2,13,14). The van der Waals surface area contributed by atoms with Gasteiger partial charge in [0, 0.05) is 5.56 Å². The molecule has 2 heterocycles. The molecule has 0 spiro atoms. The van der Waals surface area contributed by atoms with Gasteiger partial charge in [-0.05, 0) is 25.8 Å². The van der Waals surface area contributed by atoms with Crippen molar-refractivity contribution in [2.24, 2.45) is 0 Å². The van der Waals surface area contributed by atoms with Gasteiger partial charge in [-0.15, -0.1) is 0 Å². The number of aryl methyl sites for hydroxylation is 2. The number of aromatic nitrogens is 1. The summed E-state index contributed by atoms with van der Waals surface area (Å²) in [4.78, 5) is 0. The van der Waals surface area contributed by atoms with Gasteiger partial charge in [0.1, 0.15) is 11.5 Å². The SMILES string of the molecule is Cc1cc(-c2onc(N)c2C(C)C)c(C)o1. The molecule has 4 nitrogen and oxygen atoms in total. The third-order valence-electron chi connectivity index (χ3n) is 2.62. The molecule has 2 rings (SSSR count). The minimum absolute atomic E-state index is 0.274. The number of furan rings is 1. The Kier molecular flexibility index (Phi) is 2.50. The summed E-state index contributed by atoms with van der Waals surface area (Å²) < 4.78 is 10.8. The van der Waals surface area contributed by atoms with Crippen molar-refractivity contribution in [2.75, 3.05) is 5.73 Å². The fourth-order valence-electron chi connectivity index (χ4n) is 1.92. The lowest BCUT2D eigenvalue weighted by molar-refractivity contribution is 0.432. The molecule has 0 aliphatic heterocycles. The van der Waals surface area contributed by atoms with E-state index in [4.69, 9.17) is 14.7 Å². The van der Waals surface area contributed by atoms with E-state index in [2.05, 4.69) is 19.0 Å². The highest BCUT2D eigenvalue weighted by molar-refractivity contribution is 5.68. The molecule has 86 valence electrons. The summed E-state index contributed by atoms with van der Waals surface area (Å²) >= 11 is 0. The Morgan fingerprint density at radius 2 is 2.00 bits per heavy atom. The molecule has 2 aromatic heterocycles. The number of nitrogen functional groups attached to an aromatic ring is 1. The van der Waals surface area contributed by atoms with Crippen LogP contribution in [0.3, 0.4) is 0 Å². The summed E-state index contributed by atoms with van der Waals surface area (Å²) in [7, 11) is 0. The number of hydrogen-bond acceptors (Lipinski definition) is 4. The number of anilines is 1. The van der Waals surface area contributed by atoms with Crippen LogP contribution in [0.4, 0.5) is 5.82 Å². The average molecular weight is 220 g/mol. The predicted octanol–water partition coefficient (Wildman–Crippen LogP) is 3.26. The third-order valence-corrected chi connectivity index (χ3v) is 2.62. The van der Waals surface area contributed by atoms with Crippen LogP contribution in [0.15, 0.2) is 15.0 Å². The van der Waals surface area contributed by atoms with E-state index in [0.29, 0.717) is 5.82 Å². The molecule has 2 aromatic rings. The van der Waals surface area contributed by atoms with E-state index in [1.807, 2.05) is 19.9 Å². The first-order valence-electron chi connectivity index (χ1n) is 5.33. The van der Waals surface area contributed by atoms with Gasteiger partial charge in [-0.2, -0.15) is 0 Å². The minimum Gasteiger partial charge on any atom is -0.466 e. The van der Waals surface area contributed by atoms with Crippen molar-refractivity contribution in [3.63, 3.8) is 0 Å². The van der Waals surface area contributed by atoms with Crippen molar-refractivity contribution in [2.45, 2.75) is 33.6 Å². The molecule has 4 heteroatoms. The van der Waals surface area contributed by atoms with E-state index >= 15 is 0 Å². The van der Waals surface area contributed by atoms with Crippen molar-refractivity contribution >= 4 is 5.82 Å². The Morgan fingerprint density at radius 3 is 2.50 bits per heavy atom. The fourth-order valence-corrected chi connectivity index (χ4v) is 1.92. The van der Waals surface area contributed by atoms with Crippen LogP contribution in [0, 0.1) is 13.8 Å². The summed E-state index contributed by atoms with van der Waals surface area (Å²) in [5.41, 5.74) is 7.68. The molecule has 0 saturated heterocycles. The van der Waals surface area contributed by atoms with E-state index < -0.39 is 0 Å². The number of nitrogens with zero attached hydrogens (tertiary/aromatic N) is 1. The van der Waals surface area contributed by atoms with Crippen molar-refractivity contribution in [3.05, 3.63) is 23.2 Å². The van der Waals surface area contributed by atoms with E-state index in [0.717, 1.165) is 28.4 Å². The van der Waals surface area contributed by atoms with Crippen LogP contribution in [0.5, 0.6) is 0 Å². The van der Waals surface area contributed by atoms with Crippen LogP contribution in [-0.4, -0.2) is 5.16 Å². The zero-order chi connectivity index (χ0) is 11.9. The Balaban J connectivity index is 2.60. The maximum absolute atomic E-state index is 5.80. The summed E-state index contributed by atoms with van der Waals surface area (Å²) in [5, 5.41) is 3.83. The lowest BCUT2D eigenvalue weighted by Crippen LogP contribution is -1.95. The summed E-state index contributed by atoms with van der Waals surface area (Å²) in [6.07, 6.45) is 0. The third kappa shape index (κ3) is 1.60. The number of nitrogens with two attached hydrogens (primary N) is 1. The number of hydrogen-bond donors (Lipinski definition) is 1. The highest BCUT2D eigenvalue weighted by Gasteiger charge is 2.21. The Bertz CT molecular complexity index is 509. The normalized spacial score (nSPS) is 11.3. The minimum atomic E-state index is 0.274. The first-order chi connectivity index (χ1) is 7.50. The van der Waals surface area contributed by atoms with Crippen LogP contribution >= 0.6 is 0 Å². The van der Waals surface area contributed by atoms with E-state index in [9.17, 15) is 0 Å². The lowest BCUT2D eigenvalue weighted by atomic mass is 9.99. The Labute approximate surface area is 94.4 Å². The zero-order valence-electron chi connectivity index (χ0n) is 10.00. The zero-order valence-corrected chi connectivity index (χ0v) is 10.00.